The summed E-state index contributed by atoms with van der Waals surface area (Å²) >= 11 is 5.81. The fraction of sp³-hybridized carbons (Fsp3) is 0.417. The molecule has 0 spiro atoms. The van der Waals surface area contributed by atoms with Gasteiger partial charge in [-0.15, -0.1) is 0 Å². The van der Waals surface area contributed by atoms with Gasteiger partial charge in [-0.1, -0.05) is 11.6 Å². The molecule has 1 saturated carbocycles. The minimum atomic E-state index is -0.959. The van der Waals surface area contributed by atoms with Crippen LogP contribution in [0.15, 0.2) is 6.07 Å². The van der Waals surface area contributed by atoms with Crippen LogP contribution < -0.4 is 9.47 Å². The smallest absolute Gasteiger partial charge is 0.304 e. The van der Waals surface area contributed by atoms with Crippen molar-refractivity contribution < 1.29 is 23.8 Å². The van der Waals surface area contributed by atoms with Crippen LogP contribution in [0.4, 0.5) is 4.39 Å². The molecule has 1 aliphatic carbocycles. The normalized spacial score (nSPS) is 18.8. The third kappa shape index (κ3) is 1.61. The molecule has 1 aromatic rings. The van der Waals surface area contributed by atoms with Gasteiger partial charge in [-0.05, 0) is 12.8 Å². The van der Waals surface area contributed by atoms with Crippen molar-refractivity contribution in [3.63, 3.8) is 0 Å². The Bertz CT molecular complexity index is 539. The van der Waals surface area contributed by atoms with Gasteiger partial charge in [-0.2, -0.15) is 0 Å². The van der Waals surface area contributed by atoms with Crippen LogP contribution in [-0.2, 0) is 10.2 Å². The molecule has 0 atom stereocenters. The molecule has 1 heterocycles. The van der Waals surface area contributed by atoms with Crippen molar-refractivity contribution in [1.29, 1.82) is 0 Å². The first-order valence-electron chi connectivity index (χ1n) is 5.53. The molecule has 0 unspecified atom stereocenters. The third-order valence-corrected chi connectivity index (χ3v) is 3.70. The SMILES string of the molecule is O=C(O)CC1(c2c(F)c(Cl)cc3c2OCO3)CC1. The van der Waals surface area contributed by atoms with Gasteiger partial charge >= 0.3 is 5.97 Å². The van der Waals surface area contributed by atoms with E-state index in [1.54, 1.807) is 0 Å². The quantitative estimate of drug-likeness (QED) is 0.919. The Morgan fingerprint density at radius 2 is 2.22 bits per heavy atom. The van der Waals surface area contributed by atoms with E-state index < -0.39 is 17.2 Å². The minimum Gasteiger partial charge on any atom is -0.481 e. The van der Waals surface area contributed by atoms with E-state index in [0.29, 0.717) is 24.3 Å². The summed E-state index contributed by atoms with van der Waals surface area (Å²) in [5.74, 6) is -0.872. The molecular formula is C12H10ClFO4. The lowest BCUT2D eigenvalue weighted by molar-refractivity contribution is -0.137. The maximum atomic E-state index is 14.2. The van der Waals surface area contributed by atoms with Crippen LogP contribution in [0.25, 0.3) is 0 Å². The lowest BCUT2D eigenvalue weighted by Gasteiger charge is -2.17. The lowest BCUT2D eigenvalue weighted by Crippen LogP contribution is -2.16. The lowest BCUT2D eigenvalue weighted by atomic mass is 9.90. The zero-order chi connectivity index (χ0) is 12.9. The van der Waals surface area contributed by atoms with Crippen LogP contribution in [0.3, 0.4) is 0 Å². The summed E-state index contributed by atoms with van der Waals surface area (Å²) in [5.41, 5.74) is -0.441. The molecular weight excluding hydrogens is 263 g/mol. The van der Waals surface area contributed by atoms with Crippen molar-refractivity contribution in [3.8, 4) is 11.5 Å². The molecule has 0 saturated heterocycles. The highest BCUT2D eigenvalue weighted by Gasteiger charge is 2.51. The molecule has 1 aromatic carbocycles. The molecule has 96 valence electrons. The van der Waals surface area contributed by atoms with Crippen molar-refractivity contribution in [1.82, 2.24) is 0 Å². The summed E-state index contributed by atoms with van der Waals surface area (Å²) in [4.78, 5) is 10.9. The van der Waals surface area contributed by atoms with E-state index in [-0.39, 0.29) is 23.8 Å². The van der Waals surface area contributed by atoms with E-state index in [4.69, 9.17) is 26.2 Å². The Labute approximate surface area is 107 Å². The number of carboxylic acids is 1. The van der Waals surface area contributed by atoms with Gasteiger partial charge in [0, 0.05) is 17.0 Å². The van der Waals surface area contributed by atoms with Gasteiger partial charge < -0.3 is 14.6 Å². The van der Waals surface area contributed by atoms with Gasteiger partial charge in [0.2, 0.25) is 6.79 Å². The average Bonchev–Trinajstić information content (AvgIpc) is 2.88. The fourth-order valence-corrected chi connectivity index (χ4v) is 2.61. The molecule has 6 heteroatoms. The van der Waals surface area contributed by atoms with Crippen molar-refractivity contribution in [2.45, 2.75) is 24.7 Å². The minimum absolute atomic E-state index is 0.00523. The van der Waals surface area contributed by atoms with Crippen LogP contribution >= 0.6 is 11.6 Å². The van der Waals surface area contributed by atoms with E-state index in [9.17, 15) is 9.18 Å². The van der Waals surface area contributed by atoms with Gasteiger partial charge in [-0.25, -0.2) is 4.39 Å². The predicted octanol–water partition coefficient (Wildman–Crippen LogP) is 2.71. The molecule has 0 radical (unpaired) electrons. The summed E-state index contributed by atoms with van der Waals surface area (Å²) < 4.78 is 24.6. The summed E-state index contributed by atoms with van der Waals surface area (Å²) in [6.07, 6.45) is 1.11. The van der Waals surface area contributed by atoms with Crippen LogP contribution in [0, 0.1) is 5.82 Å². The summed E-state index contributed by atoms with van der Waals surface area (Å²) in [6, 6.07) is 1.36. The van der Waals surface area contributed by atoms with E-state index >= 15 is 0 Å². The Morgan fingerprint density at radius 3 is 2.83 bits per heavy atom. The Balaban J connectivity index is 2.14. The van der Waals surface area contributed by atoms with Crippen LogP contribution in [0.2, 0.25) is 5.02 Å². The highest BCUT2D eigenvalue weighted by atomic mass is 35.5. The monoisotopic (exact) mass is 272 g/mol. The number of halogens is 2. The third-order valence-electron chi connectivity index (χ3n) is 3.43. The number of aliphatic carboxylic acids is 1. The number of hydrogen-bond donors (Lipinski definition) is 1. The number of ether oxygens (including phenoxy) is 2. The molecule has 0 aromatic heterocycles. The summed E-state index contributed by atoms with van der Waals surface area (Å²) in [7, 11) is 0. The number of carboxylic acid groups (broad SMARTS) is 1. The summed E-state index contributed by atoms with van der Waals surface area (Å²) in [5, 5.41) is 8.87. The first kappa shape index (κ1) is 11.6. The molecule has 1 aliphatic heterocycles. The van der Waals surface area contributed by atoms with Gasteiger partial charge in [-0.3, -0.25) is 4.79 Å². The number of carbonyl (C=O) groups is 1. The maximum absolute atomic E-state index is 14.2. The topological polar surface area (TPSA) is 55.8 Å². The van der Waals surface area contributed by atoms with Crippen molar-refractivity contribution in [3.05, 3.63) is 22.5 Å². The van der Waals surface area contributed by atoms with Gasteiger partial charge in [0.1, 0.15) is 5.82 Å². The molecule has 18 heavy (non-hydrogen) atoms. The zero-order valence-corrected chi connectivity index (χ0v) is 10.1. The van der Waals surface area contributed by atoms with Crippen molar-refractivity contribution in [2.24, 2.45) is 0 Å². The average molecular weight is 273 g/mol. The molecule has 1 fully saturated rings. The predicted molar refractivity (Wildman–Crippen MR) is 60.7 cm³/mol. The Morgan fingerprint density at radius 1 is 1.50 bits per heavy atom. The van der Waals surface area contributed by atoms with Gasteiger partial charge in [0.05, 0.1) is 11.4 Å². The standard InChI is InChI=1S/C12H10ClFO4/c13-6-3-7-11(18-5-17-7)9(10(6)14)12(1-2-12)4-8(15)16/h3H,1-2,4-5H2,(H,15,16). The Hall–Kier alpha value is -1.49. The first-order valence-corrected chi connectivity index (χ1v) is 5.91. The fourth-order valence-electron chi connectivity index (χ4n) is 2.42. The number of hydrogen-bond acceptors (Lipinski definition) is 3. The molecule has 4 nitrogen and oxygen atoms in total. The summed E-state index contributed by atoms with van der Waals surface area (Å²) in [6.45, 7) is 0.00523. The van der Waals surface area contributed by atoms with Crippen LogP contribution in [0.1, 0.15) is 24.8 Å². The number of fused-ring (bicyclic) bond motifs is 1. The van der Waals surface area contributed by atoms with Crippen LogP contribution in [-0.4, -0.2) is 17.9 Å². The second-order valence-electron chi connectivity index (χ2n) is 4.63. The largest absolute Gasteiger partial charge is 0.481 e. The maximum Gasteiger partial charge on any atom is 0.304 e. The van der Waals surface area contributed by atoms with E-state index in [1.165, 1.54) is 6.07 Å². The second kappa shape index (κ2) is 3.75. The molecule has 0 amide bonds. The number of rotatable bonds is 3. The van der Waals surface area contributed by atoms with Gasteiger partial charge in [0.15, 0.2) is 11.5 Å². The van der Waals surface area contributed by atoms with Gasteiger partial charge in [0.25, 0.3) is 0 Å². The van der Waals surface area contributed by atoms with E-state index in [1.807, 2.05) is 0 Å². The molecule has 3 rings (SSSR count). The van der Waals surface area contributed by atoms with E-state index in [0.717, 1.165) is 0 Å². The van der Waals surface area contributed by atoms with Crippen LogP contribution in [0.5, 0.6) is 11.5 Å². The zero-order valence-electron chi connectivity index (χ0n) is 9.33. The molecule has 1 N–H and O–H groups in total. The highest BCUT2D eigenvalue weighted by Crippen LogP contribution is 2.58. The molecule has 0 bridgehead atoms. The second-order valence-corrected chi connectivity index (χ2v) is 5.04. The Kier molecular flexibility index (Phi) is 2.41. The highest BCUT2D eigenvalue weighted by molar-refractivity contribution is 6.31. The molecule has 2 aliphatic rings. The first-order chi connectivity index (χ1) is 8.53. The van der Waals surface area contributed by atoms with Crippen molar-refractivity contribution in [2.75, 3.05) is 6.79 Å². The van der Waals surface area contributed by atoms with Crippen molar-refractivity contribution >= 4 is 17.6 Å². The van der Waals surface area contributed by atoms with E-state index in [2.05, 4.69) is 0 Å². The number of benzene rings is 1.